The Morgan fingerprint density at radius 1 is 1.21 bits per heavy atom. The van der Waals surface area contributed by atoms with Gasteiger partial charge in [0.2, 0.25) is 0 Å². The molecule has 0 aromatic carbocycles. The first kappa shape index (κ1) is 19.9. The minimum Gasteiger partial charge on any atom is -0.271 e. The fourth-order valence-electron chi connectivity index (χ4n) is 2.93. The molecule has 152 valence electrons. The molecule has 13 heteroatoms. The Morgan fingerprint density at radius 2 is 1.96 bits per heavy atom. The molecular formula is C15H14F6N6O. The van der Waals surface area contributed by atoms with Crippen LogP contribution in [0.15, 0.2) is 17.4 Å². The van der Waals surface area contributed by atoms with E-state index in [2.05, 4.69) is 20.7 Å². The SMILES string of the molecule is O=C(Cn1nc(C(F)(F)F)c2c1CCC2)NN=Cc1ccn(CC(F)(F)F)n1. The quantitative estimate of drug-likeness (QED) is 0.469. The highest BCUT2D eigenvalue weighted by Crippen LogP contribution is 2.36. The third kappa shape index (κ3) is 4.70. The molecule has 0 spiro atoms. The van der Waals surface area contributed by atoms with Crippen molar-refractivity contribution >= 4 is 12.1 Å². The minimum absolute atomic E-state index is 0.0730. The number of carbonyl (C=O) groups is 1. The number of carbonyl (C=O) groups excluding carboxylic acids is 1. The smallest absolute Gasteiger partial charge is 0.271 e. The number of hydrogen-bond donors (Lipinski definition) is 1. The van der Waals surface area contributed by atoms with Crippen molar-refractivity contribution < 1.29 is 31.1 Å². The lowest BCUT2D eigenvalue weighted by atomic mass is 10.2. The second-order valence-electron chi connectivity index (χ2n) is 6.13. The molecule has 2 heterocycles. The largest absolute Gasteiger partial charge is 0.435 e. The third-order valence-electron chi connectivity index (χ3n) is 3.96. The highest BCUT2D eigenvalue weighted by molar-refractivity contribution is 5.80. The highest BCUT2D eigenvalue weighted by atomic mass is 19.4. The zero-order valence-electron chi connectivity index (χ0n) is 14.2. The molecular weight excluding hydrogens is 394 g/mol. The van der Waals surface area contributed by atoms with Crippen LogP contribution in [-0.2, 0) is 36.9 Å². The predicted molar refractivity (Wildman–Crippen MR) is 83.3 cm³/mol. The molecule has 0 saturated carbocycles. The molecule has 3 rings (SSSR count). The fraction of sp³-hybridized carbons (Fsp3) is 0.467. The van der Waals surface area contributed by atoms with Crippen LogP contribution in [0, 0.1) is 0 Å². The maximum Gasteiger partial charge on any atom is 0.435 e. The number of fused-ring (bicyclic) bond motifs is 1. The Labute approximate surface area is 154 Å². The van der Waals surface area contributed by atoms with Gasteiger partial charge in [0.15, 0.2) is 5.69 Å². The summed E-state index contributed by atoms with van der Waals surface area (Å²) in [7, 11) is 0. The molecule has 0 fully saturated rings. The molecule has 28 heavy (non-hydrogen) atoms. The number of hydrazone groups is 1. The standard InChI is InChI=1S/C15H14F6N6O/c16-14(17,18)8-26-5-4-9(24-26)6-22-23-12(28)7-27-11-3-1-2-10(11)13(25-27)15(19,20)21/h4-6H,1-3,7-8H2,(H,23,28). The van der Waals surface area contributed by atoms with E-state index in [0.29, 0.717) is 23.2 Å². The lowest BCUT2D eigenvalue weighted by molar-refractivity contribution is -0.143. The van der Waals surface area contributed by atoms with Crippen molar-refractivity contribution in [3.63, 3.8) is 0 Å². The average Bonchev–Trinajstić information content (AvgIpc) is 3.23. The summed E-state index contributed by atoms with van der Waals surface area (Å²) >= 11 is 0. The number of alkyl halides is 6. The van der Waals surface area contributed by atoms with Gasteiger partial charge in [0.05, 0.1) is 6.21 Å². The van der Waals surface area contributed by atoms with E-state index < -0.39 is 37.0 Å². The van der Waals surface area contributed by atoms with Crippen LogP contribution in [0.2, 0.25) is 0 Å². The summed E-state index contributed by atoms with van der Waals surface area (Å²) in [6, 6.07) is 1.26. The zero-order chi connectivity index (χ0) is 20.5. The van der Waals surface area contributed by atoms with Gasteiger partial charge in [0.1, 0.15) is 18.8 Å². The van der Waals surface area contributed by atoms with Gasteiger partial charge in [-0.15, -0.1) is 0 Å². The Balaban J connectivity index is 1.60. The molecule has 0 unspecified atom stereocenters. The molecule has 1 N–H and O–H groups in total. The van der Waals surface area contributed by atoms with Crippen LogP contribution < -0.4 is 5.43 Å². The zero-order valence-corrected chi connectivity index (χ0v) is 14.2. The molecule has 0 atom stereocenters. The van der Waals surface area contributed by atoms with Gasteiger partial charge in [0.25, 0.3) is 5.91 Å². The van der Waals surface area contributed by atoms with E-state index >= 15 is 0 Å². The van der Waals surface area contributed by atoms with Gasteiger partial charge < -0.3 is 0 Å². The molecule has 0 aliphatic heterocycles. The molecule has 0 radical (unpaired) electrons. The molecule has 0 bridgehead atoms. The van der Waals surface area contributed by atoms with Crippen molar-refractivity contribution in [2.24, 2.45) is 5.10 Å². The van der Waals surface area contributed by atoms with E-state index in [1.54, 1.807) is 0 Å². The van der Waals surface area contributed by atoms with Gasteiger partial charge >= 0.3 is 12.4 Å². The molecule has 7 nitrogen and oxygen atoms in total. The van der Waals surface area contributed by atoms with Crippen molar-refractivity contribution in [3.8, 4) is 0 Å². The van der Waals surface area contributed by atoms with Crippen LogP contribution >= 0.6 is 0 Å². The minimum atomic E-state index is -4.59. The molecule has 1 aliphatic carbocycles. The lowest BCUT2D eigenvalue weighted by Gasteiger charge is -2.05. The van der Waals surface area contributed by atoms with Gasteiger partial charge in [0, 0.05) is 17.5 Å². The molecule has 1 amide bonds. The summed E-state index contributed by atoms with van der Waals surface area (Å²) < 4.78 is 77.5. The summed E-state index contributed by atoms with van der Waals surface area (Å²) in [6.45, 7) is -1.72. The lowest BCUT2D eigenvalue weighted by Crippen LogP contribution is -2.25. The average molecular weight is 408 g/mol. The second kappa shape index (κ2) is 7.28. The number of rotatable bonds is 5. The van der Waals surface area contributed by atoms with Gasteiger partial charge in [-0.25, -0.2) is 5.43 Å². The summed E-state index contributed by atoms with van der Waals surface area (Å²) in [5, 5.41) is 10.7. The van der Waals surface area contributed by atoms with Crippen LogP contribution in [0.3, 0.4) is 0 Å². The van der Waals surface area contributed by atoms with Gasteiger partial charge in [-0.2, -0.15) is 41.6 Å². The summed E-state index contributed by atoms with van der Waals surface area (Å²) in [6.07, 6.45) is -5.69. The number of aromatic nitrogens is 4. The van der Waals surface area contributed by atoms with Crippen LogP contribution in [0.5, 0.6) is 0 Å². The second-order valence-corrected chi connectivity index (χ2v) is 6.13. The van der Waals surface area contributed by atoms with Crippen molar-refractivity contribution in [2.75, 3.05) is 0 Å². The summed E-state index contributed by atoms with van der Waals surface area (Å²) in [5.41, 5.74) is 1.67. The van der Waals surface area contributed by atoms with Crippen molar-refractivity contribution in [1.82, 2.24) is 25.0 Å². The normalized spacial score (nSPS) is 14.6. The maximum atomic E-state index is 13.0. The predicted octanol–water partition coefficient (Wildman–Crippen LogP) is 2.30. The Kier molecular flexibility index (Phi) is 5.17. The van der Waals surface area contributed by atoms with E-state index in [0.717, 1.165) is 17.1 Å². The number of amides is 1. The Bertz CT molecular complexity index is 894. The number of nitrogens with one attached hydrogen (secondary N) is 1. The number of hydrogen-bond acceptors (Lipinski definition) is 4. The van der Waals surface area contributed by atoms with Crippen molar-refractivity contribution in [2.45, 2.75) is 44.7 Å². The summed E-state index contributed by atoms with van der Waals surface area (Å²) in [4.78, 5) is 11.9. The molecule has 1 aliphatic rings. The molecule has 2 aromatic rings. The first-order valence-electron chi connectivity index (χ1n) is 8.11. The monoisotopic (exact) mass is 408 g/mol. The van der Waals surface area contributed by atoms with Crippen molar-refractivity contribution in [1.29, 1.82) is 0 Å². The Hall–Kier alpha value is -2.86. The van der Waals surface area contributed by atoms with E-state index in [4.69, 9.17) is 0 Å². The van der Waals surface area contributed by atoms with Gasteiger partial charge in [-0.3, -0.25) is 14.2 Å². The first-order chi connectivity index (χ1) is 13.0. The summed E-state index contributed by atoms with van der Waals surface area (Å²) in [5.74, 6) is -0.725. The molecule has 2 aromatic heterocycles. The van der Waals surface area contributed by atoms with Crippen LogP contribution in [-0.4, -0.2) is 37.9 Å². The van der Waals surface area contributed by atoms with Crippen molar-refractivity contribution in [3.05, 3.63) is 34.9 Å². The fourth-order valence-corrected chi connectivity index (χ4v) is 2.93. The van der Waals surface area contributed by atoms with Gasteiger partial charge in [-0.1, -0.05) is 0 Å². The molecule has 0 saturated heterocycles. The first-order valence-corrected chi connectivity index (χ1v) is 8.11. The van der Waals surface area contributed by atoms with E-state index in [1.807, 2.05) is 0 Å². The van der Waals surface area contributed by atoms with E-state index in [-0.39, 0.29) is 17.7 Å². The van der Waals surface area contributed by atoms with Crippen LogP contribution in [0.1, 0.15) is 29.1 Å². The topological polar surface area (TPSA) is 77.1 Å². The number of nitrogens with zero attached hydrogens (tertiary/aromatic N) is 5. The van der Waals surface area contributed by atoms with E-state index in [1.165, 1.54) is 6.07 Å². The maximum absolute atomic E-state index is 13.0. The van der Waals surface area contributed by atoms with E-state index in [9.17, 15) is 31.1 Å². The van der Waals surface area contributed by atoms with Crippen LogP contribution in [0.4, 0.5) is 26.3 Å². The Morgan fingerprint density at radius 3 is 2.64 bits per heavy atom. The van der Waals surface area contributed by atoms with Crippen LogP contribution in [0.25, 0.3) is 0 Å². The highest BCUT2D eigenvalue weighted by Gasteiger charge is 2.40. The third-order valence-corrected chi connectivity index (χ3v) is 3.96. The number of halogens is 6. The van der Waals surface area contributed by atoms with Gasteiger partial charge in [-0.05, 0) is 25.3 Å².